The molecule has 0 saturated heterocycles. The van der Waals surface area contributed by atoms with Crippen molar-refractivity contribution in [2.75, 3.05) is 14.1 Å². The van der Waals surface area contributed by atoms with Crippen LogP contribution >= 0.6 is 0 Å². The van der Waals surface area contributed by atoms with Gasteiger partial charge in [-0.3, -0.25) is 0 Å². The van der Waals surface area contributed by atoms with Crippen LogP contribution < -0.4 is 0 Å². The fourth-order valence-electron chi connectivity index (χ4n) is 3.96. The Morgan fingerprint density at radius 3 is 1.57 bits per heavy atom. The lowest BCUT2D eigenvalue weighted by atomic mass is 10.0. The summed E-state index contributed by atoms with van der Waals surface area (Å²) >= 11 is 0. The number of rotatable bonds is 22. The van der Waals surface area contributed by atoms with Gasteiger partial charge in [0.25, 0.3) is 0 Å². The van der Waals surface area contributed by atoms with Gasteiger partial charge in [-0.15, -0.1) is 6.58 Å². The topological polar surface area (TPSA) is 3.24 Å². The summed E-state index contributed by atoms with van der Waals surface area (Å²) in [6.07, 6.45) is 33.0. The maximum Gasteiger partial charge on any atom is 0.00892 e. The first-order chi connectivity index (χ1) is 13.7. The van der Waals surface area contributed by atoms with Crippen LogP contribution in [-0.4, -0.2) is 25.0 Å². The van der Waals surface area contributed by atoms with E-state index in [2.05, 4.69) is 50.7 Å². The standard InChI is InChI=1S/C27H53N/c1-5-7-9-10-11-12-13-14-15-16-17-18-19-20-21-22-24-26-27(28(3)4)25-23-8-6-2/h6,14-15,27H,2,5,7-13,16-26H2,1,3-4H3. The van der Waals surface area contributed by atoms with E-state index in [9.17, 15) is 0 Å². The van der Waals surface area contributed by atoms with E-state index in [-0.39, 0.29) is 0 Å². The van der Waals surface area contributed by atoms with Crippen molar-refractivity contribution in [1.29, 1.82) is 0 Å². The Hall–Kier alpha value is -0.560. The highest BCUT2D eigenvalue weighted by molar-refractivity contribution is 4.81. The van der Waals surface area contributed by atoms with Gasteiger partial charge >= 0.3 is 0 Å². The third kappa shape index (κ3) is 20.2. The largest absolute Gasteiger partial charge is 0.306 e. The van der Waals surface area contributed by atoms with E-state index in [1.807, 2.05) is 0 Å². The van der Waals surface area contributed by atoms with Crippen molar-refractivity contribution in [3.63, 3.8) is 0 Å². The minimum atomic E-state index is 0.767. The maximum absolute atomic E-state index is 3.84. The molecule has 0 bridgehead atoms. The predicted octanol–water partition coefficient (Wildman–Crippen LogP) is 9.09. The third-order valence-corrected chi connectivity index (χ3v) is 5.98. The molecule has 1 atom stereocenters. The second-order valence-corrected chi connectivity index (χ2v) is 8.92. The van der Waals surface area contributed by atoms with Gasteiger partial charge in [-0.2, -0.15) is 0 Å². The van der Waals surface area contributed by atoms with E-state index in [1.165, 1.54) is 122 Å². The first-order valence-corrected chi connectivity index (χ1v) is 12.6. The molecule has 1 unspecified atom stereocenters. The van der Waals surface area contributed by atoms with Gasteiger partial charge in [-0.1, -0.05) is 95.8 Å². The molecule has 0 N–H and O–H groups in total. The van der Waals surface area contributed by atoms with Crippen molar-refractivity contribution >= 4 is 0 Å². The summed E-state index contributed by atoms with van der Waals surface area (Å²) in [6.45, 7) is 6.12. The monoisotopic (exact) mass is 391 g/mol. The van der Waals surface area contributed by atoms with Crippen molar-refractivity contribution < 1.29 is 0 Å². The fraction of sp³-hybridized carbons (Fsp3) is 0.852. The van der Waals surface area contributed by atoms with E-state index in [4.69, 9.17) is 0 Å². The summed E-state index contributed by atoms with van der Waals surface area (Å²) < 4.78 is 0. The van der Waals surface area contributed by atoms with Crippen LogP contribution in [0.1, 0.15) is 129 Å². The highest BCUT2D eigenvalue weighted by atomic mass is 15.1. The van der Waals surface area contributed by atoms with Crippen molar-refractivity contribution in [2.45, 2.75) is 135 Å². The van der Waals surface area contributed by atoms with Gasteiger partial charge in [-0.05, 0) is 65.5 Å². The second-order valence-electron chi connectivity index (χ2n) is 8.92. The molecule has 0 rings (SSSR count). The SMILES string of the molecule is C=CCCCC(CCCCCCCCCC=CCCCCCCCC)N(C)C. The molecule has 0 fully saturated rings. The van der Waals surface area contributed by atoms with Gasteiger partial charge in [0, 0.05) is 6.04 Å². The second kappa shape index (κ2) is 22.7. The zero-order valence-electron chi connectivity index (χ0n) is 19.9. The Kier molecular flexibility index (Phi) is 22.3. The molecule has 0 aliphatic rings. The molecule has 166 valence electrons. The summed E-state index contributed by atoms with van der Waals surface area (Å²) in [6, 6.07) is 0.767. The molecule has 0 radical (unpaired) electrons. The Morgan fingerprint density at radius 1 is 0.607 bits per heavy atom. The molecule has 1 nitrogen and oxygen atoms in total. The number of hydrogen-bond donors (Lipinski definition) is 0. The molecule has 1 heteroatoms. The average molecular weight is 392 g/mol. The normalized spacial score (nSPS) is 12.9. The Bertz CT molecular complexity index is 331. The van der Waals surface area contributed by atoms with Crippen LogP contribution in [-0.2, 0) is 0 Å². The molecule has 0 aromatic rings. The summed E-state index contributed by atoms with van der Waals surface area (Å²) in [5.74, 6) is 0. The zero-order valence-corrected chi connectivity index (χ0v) is 19.9. The molecular formula is C27H53N. The lowest BCUT2D eigenvalue weighted by Gasteiger charge is -2.24. The van der Waals surface area contributed by atoms with Gasteiger partial charge in [0.2, 0.25) is 0 Å². The van der Waals surface area contributed by atoms with Crippen LogP contribution in [0.2, 0.25) is 0 Å². The highest BCUT2D eigenvalue weighted by Gasteiger charge is 2.09. The maximum atomic E-state index is 3.84. The van der Waals surface area contributed by atoms with Crippen LogP contribution in [0.3, 0.4) is 0 Å². The molecule has 0 spiro atoms. The smallest absolute Gasteiger partial charge is 0.00892 e. The molecule has 0 aromatic carbocycles. The number of hydrogen-bond acceptors (Lipinski definition) is 1. The summed E-state index contributed by atoms with van der Waals surface area (Å²) in [7, 11) is 4.47. The van der Waals surface area contributed by atoms with Crippen molar-refractivity contribution in [3.05, 3.63) is 24.8 Å². The van der Waals surface area contributed by atoms with Crippen molar-refractivity contribution in [3.8, 4) is 0 Å². The van der Waals surface area contributed by atoms with E-state index >= 15 is 0 Å². The van der Waals surface area contributed by atoms with E-state index < -0.39 is 0 Å². The number of allylic oxidation sites excluding steroid dienone is 3. The zero-order chi connectivity index (χ0) is 20.7. The molecule has 0 aliphatic heterocycles. The van der Waals surface area contributed by atoms with Gasteiger partial charge in [-0.25, -0.2) is 0 Å². The summed E-state index contributed by atoms with van der Waals surface area (Å²) in [5.41, 5.74) is 0. The molecule has 0 heterocycles. The lowest BCUT2D eigenvalue weighted by Crippen LogP contribution is -2.27. The molecule has 0 aromatic heterocycles. The molecule has 0 aliphatic carbocycles. The minimum absolute atomic E-state index is 0.767. The highest BCUT2D eigenvalue weighted by Crippen LogP contribution is 2.16. The Morgan fingerprint density at radius 2 is 1.07 bits per heavy atom. The number of unbranched alkanes of at least 4 members (excludes halogenated alkanes) is 14. The van der Waals surface area contributed by atoms with E-state index in [1.54, 1.807) is 0 Å². The van der Waals surface area contributed by atoms with Crippen molar-refractivity contribution in [1.82, 2.24) is 4.90 Å². The lowest BCUT2D eigenvalue weighted by molar-refractivity contribution is 0.254. The Labute approximate surface area is 179 Å². The average Bonchev–Trinajstić information content (AvgIpc) is 2.68. The van der Waals surface area contributed by atoms with Crippen molar-refractivity contribution in [2.24, 2.45) is 0 Å². The van der Waals surface area contributed by atoms with E-state index in [0.29, 0.717) is 0 Å². The molecule has 28 heavy (non-hydrogen) atoms. The Balaban J connectivity index is 3.34. The van der Waals surface area contributed by atoms with Gasteiger partial charge in [0.05, 0.1) is 0 Å². The van der Waals surface area contributed by atoms with Gasteiger partial charge in [0.1, 0.15) is 0 Å². The third-order valence-electron chi connectivity index (χ3n) is 5.98. The summed E-state index contributed by atoms with van der Waals surface area (Å²) in [4.78, 5) is 2.42. The van der Waals surface area contributed by atoms with Crippen LogP contribution in [0.4, 0.5) is 0 Å². The van der Waals surface area contributed by atoms with Crippen LogP contribution in [0, 0.1) is 0 Å². The molecule has 0 amide bonds. The van der Waals surface area contributed by atoms with E-state index in [0.717, 1.165) is 6.04 Å². The predicted molar refractivity (Wildman–Crippen MR) is 130 cm³/mol. The number of nitrogens with zero attached hydrogens (tertiary/aromatic N) is 1. The molecular weight excluding hydrogens is 338 g/mol. The summed E-state index contributed by atoms with van der Waals surface area (Å²) in [5, 5.41) is 0. The minimum Gasteiger partial charge on any atom is -0.306 e. The van der Waals surface area contributed by atoms with Crippen LogP contribution in [0.15, 0.2) is 24.8 Å². The quantitative estimate of drug-likeness (QED) is 0.131. The molecule has 0 saturated carbocycles. The fourth-order valence-corrected chi connectivity index (χ4v) is 3.96. The van der Waals surface area contributed by atoms with Gasteiger partial charge < -0.3 is 4.90 Å². The van der Waals surface area contributed by atoms with Crippen LogP contribution in [0.5, 0.6) is 0 Å². The van der Waals surface area contributed by atoms with Gasteiger partial charge in [0.15, 0.2) is 0 Å². The van der Waals surface area contributed by atoms with Crippen LogP contribution in [0.25, 0.3) is 0 Å². The first-order valence-electron chi connectivity index (χ1n) is 12.6. The first kappa shape index (κ1) is 27.4.